The summed E-state index contributed by atoms with van der Waals surface area (Å²) in [6.07, 6.45) is 1.51. The molecule has 0 unspecified atom stereocenters. The van der Waals surface area contributed by atoms with E-state index < -0.39 is 0 Å². The lowest BCUT2D eigenvalue weighted by atomic mass is 10.1. The fourth-order valence-electron chi connectivity index (χ4n) is 3.09. The van der Waals surface area contributed by atoms with Gasteiger partial charge in [0.15, 0.2) is 23.0 Å². The van der Waals surface area contributed by atoms with Gasteiger partial charge in [0.25, 0.3) is 0 Å². The Morgan fingerprint density at radius 3 is 2.24 bits per heavy atom. The molecule has 8 nitrogen and oxygen atoms in total. The molecule has 0 bridgehead atoms. The van der Waals surface area contributed by atoms with Crippen LogP contribution in [0.5, 0.6) is 28.7 Å². The van der Waals surface area contributed by atoms with Crippen LogP contribution in [-0.2, 0) is 0 Å². The number of nitrogens with zero attached hydrogens (tertiary/aromatic N) is 2. The average molecular weight is 395 g/mol. The Hall–Kier alpha value is -3.68. The predicted octanol–water partition coefficient (Wildman–Crippen LogP) is 3.68. The Morgan fingerprint density at radius 2 is 1.55 bits per heavy atom. The number of benzene rings is 2. The molecule has 29 heavy (non-hydrogen) atoms. The van der Waals surface area contributed by atoms with Gasteiger partial charge in [-0.25, -0.2) is 9.97 Å². The van der Waals surface area contributed by atoms with Crippen molar-refractivity contribution in [1.82, 2.24) is 9.97 Å². The second kappa shape index (κ2) is 8.14. The van der Waals surface area contributed by atoms with Crippen LogP contribution in [0.15, 0.2) is 42.7 Å². The Morgan fingerprint density at radius 1 is 0.828 bits per heavy atom. The molecule has 0 radical (unpaired) electrons. The Kier molecular flexibility index (Phi) is 5.24. The van der Waals surface area contributed by atoms with Crippen molar-refractivity contribution in [2.75, 3.05) is 39.9 Å². The third-order valence-electron chi connectivity index (χ3n) is 4.44. The summed E-state index contributed by atoms with van der Waals surface area (Å²) in [7, 11) is 4.72. The van der Waals surface area contributed by atoms with E-state index in [0.29, 0.717) is 42.0 Å². The number of rotatable bonds is 6. The smallest absolute Gasteiger partial charge is 0.203 e. The first-order valence-corrected chi connectivity index (χ1v) is 9.01. The second-order valence-corrected chi connectivity index (χ2v) is 6.19. The Balaban J connectivity index is 1.63. The third kappa shape index (κ3) is 3.82. The van der Waals surface area contributed by atoms with Gasteiger partial charge >= 0.3 is 0 Å². The average Bonchev–Trinajstić information content (AvgIpc) is 2.78. The largest absolute Gasteiger partial charge is 0.493 e. The minimum absolute atomic E-state index is 0.528. The lowest BCUT2D eigenvalue weighted by molar-refractivity contribution is 0.171. The van der Waals surface area contributed by atoms with Gasteiger partial charge in [-0.2, -0.15) is 0 Å². The minimum atomic E-state index is 0.528. The van der Waals surface area contributed by atoms with E-state index in [1.807, 2.05) is 36.4 Å². The van der Waals surface area contributed by atoms with Crippen molar-refractivity contribution in [3.63, 3.8) is 0 Å². The van der Waals surface area contributed by atoms with Crippen LogP contribution < -0.4 is 29.0 Å². The van der Waals surface area contributed by atoms with Gasteiger partial charge in [0, 0.05) is 29.4 Å². The van der Waals surface area contributed by atoms with Gasteiger partial charge < -0.3 is 29.0 Å². The monoisotopic (exact) mass is 395 g/mol. The number of fused-ring (bicyclic) bond motifs is 1. The van der Waals surface area contributed by atoms with E-state index >= 15 is 0 Å². The lowest BCUT2D eigenvalue weighted by Gasteiger charge is -2.18. The highest BCUT2D eigenvalue weighted by atomic mass is 16.6. The molecule has 1 aliphatic heterocycles. The van der Waals surface area contributed by atoms with Gasteiger partial charge in [0.05, 0.1) is 27.0 Å². The molecule has 0 saturated carbocycles. The number of ether oxygens (including phenoxy) is 5. The van der Waals surface area contributed by atoms with Crippen molar-refractivity contribution in [3.8, 4) is 40.0 Å². The topological polar surface area (TPSA) is 84.0 Å². The maximum atomic E-state index is 5.66. The zero-order valence-electron chi connectivity index (χ0n) is 16.4. The molecule has 0 fully saturated rings. The first-order chi connectivity index (χ1) is 14.2. The van der Waals surface area contributed by atoms with Crippen LogP contribution in [-0.4, -0.2) is 44.5 Å². The molecule has 0 aliphatic carbocycles. The predicted molar refractivity (Wildman–Crippen MR) is 108 cm³/mol. The molecule has 1 N–H and O–H groups in total. The molecular formula is C21H21N3O5. The van der Waals surface area contributed by atoms with Gasteiger partial charge in [0.2, 0.25) is 5.75 Å². The number of aromatic nitrogens is 2. The fourth-order valence-corrected chi connectivity index (χ4v) is 3.09. The van der Waals surface area contributed by atoms with Gasteiger partial charge in [0.1, 0.15) is 25.4 Å². The molecule has 3 aromatic rings. The van der Waals surface area contributed by atoms with Crippen LogP contribution in [0.25, 0.3) is 11.3 Å². The van der Waals surface area contributed by atoms with Crippen LogP contribution in [0.2, 0.25) is 0 Å². The van der Waals surface area contributed by atoms with E-state index in [2.05, 4.69) is 15.3 Å². The van der Waals surface area contributed by atoms with Crippen molar-refractivity contribution in [1.29, 1.82) is 0 Å². The normalized spacial score (nSPS) is 12.2. The zero-order valence-corrected chi connectivity index (χ0v) is 16.4. The van der Waals surface area contributed by atoms with Crippen LogP contribution in [0.4, 0.5) is 11.5 Å². The Bertz CT molecular complexity index is 1000. The summed E-state index contributed by atoms with van der Waals surface area (Å²) in [5.41, 5.74) is 2.41. The summed E-state index contributed by atoms with van der Waals surface area (Å²) in [5.74, 6) is 3.71. The molecule has 1 aromatic heterocycles. The highest BCUT2D eigenvalue weighted by Crippen LogP contribution is 2.40. The van der Waals surface area contributed by atoms with E-state index in [4.69, 9.17) is 23.7 Å². The van der Waals surface area contributed by atoms with Crippen molar-refractivity contribution in [2.24, 2.45) is 0 Å². The minimum Gasteiger partial charge on any atom is -0.493 e. The van der Waals surface area contributed by atoms with Gasteiger partial charge in [-0.15, -0.1) is 0 Å². The lowest BCUT2D eigenvalue weighted by Crippen LogP contribution is -2.15. The fraction of sp³-hybridized carbons (Fsp3) is 0.238. The molecular weight excluding hydrogens is 374 g/mol. The molecule has 2 aromatic carbocycles. The first-order valence-electron chi connectivity index (χ1n) is 9.01. The summed E-state index contributed by atoms with van der Waals surface area (Å²) in [6, 6.07) is 11.2. The van der Waals surface area contributed by atoms with E-state index in [1.165, 1.54) is 6.33 Å². The number of hydrogen-bond acceptors (Lipinski definition) is 8. The molecule has 0 spiro atoms. The number of nitrogens with one attached hydrogen (secondary N) is 1. The second-order valence-electron chi connectivity index (χ2n) is 6.19. The number of methoxy groups -OCH3 is 3. The summed E-state index contributed by atoms with van der Waals surface area (Å²) >= 11 is 0. The molecule has 8 heteroatoms. The van der Waals surface area contributed by atoms with E-state index in [-0.39, 0.29) is 0 Å². The summed E-state index contributed by atoms with van der Waals surface area (Å²) < 4.78 is 27.4. The van der Waals surface area contributed by atoms with Crippen molar-refractivity contribution in [3.05, 3.63) is 42.7 Å². The van der Waals surface area contributed by atoms with Crippen LogP contribution in [0, 0.1) is 0 Å². The van der Waals surface area contributed by atoms with Crippen molar-refractivity contribution < 1.29 is 23.7 Å². The first kappa shape index (κ1) is 18.7. The van der Waals surface area contributed by atoms with E-state index in [1.54, 1.807) is 21.3 Å². The van der Waals surface area contributed by atoms with E-state index in [9.17, 15) is 0 Å². The highest BCUT2D eigenvalue weighted by molar-refractivity contribution is 5.70. The number of anilines is 2. The zero-order chi connectivity index (χ0) is 20.2. The van der Waals surface area contributed by atoms with Gasteiger partial charge in [-0.05, 0) is 18.2 Å². The maximum absolute atomic E-state index is 5.66. The summed E-state index contributed by atoms with van der Waals surface area (Å²) in [6.45, 7) is 1.09. The van der Waals surface area contributed by atoms with Crippen LogP contribution >= 0.6 is 0 Å². The molecule has 0 saturated heterocycles. The van der Waals surface area contributed by atoms with Crippen molar-refractivity contribution >= 4 is 11.5 Å². The number of hydrogen-bond donors (Lipinski definition) is 1. The molecule has 150 valence electrons. The molecule has 0 atom stereocenters. The third-order valence-corrected chi connectivity index (χ3v) is 4.44. The summed E-state index contributed by atoms with van der Waals surface area (Å²) in [5, 5.41) is 3.25. The van der Waals surface area contributed by atoms with E-state index in [0.717, 1.165) is 22.7 Å². The summed E-state index contributed by atoms with van der Waals surface area (Å²) in [4.78, 5) is 8.69. The molecule has 4 rings (SSSR count). The molecule has 1 aliphatic rings. The highest BCUT2D eigenvalue weighted by Gasteiger charge is 2.15. The van der Waals surface area contributed by atoms with Crippen LogP contribution in [0.3, 0.4) is 0 Å². The molecule has 0 amide bonds. The quantitative estimate of drug-likeness (QED) is 0.677. The van der Waals surface area contributed by atoms with Gasteiger partial charge in [-0.1, -0.05) is 0 Å². The molecule has 2 heterocycles. The Labute approximate surface area is 168 Å². The maximum Gasteiger partial charge on any atom is 0.203 e. The van der Waals surface area contributed by atoms with Crippen LogP contribution in [0.1, 0.15) is 0 Å². The SMILES string of the molecule is COc1cc(Nc2cc(-c3ccc4c(c3)OCCO4)ncn2)cc(OC)c1OC. The van der Waals surface area contributed by atoms with Gasteiger partial charge in [-0.3, -0.25) is 0 Å². The van der Waals surface area contributed by atoms with Crippen molar-refractivity contribution in [2.45, 2.75) is 0 Å². The standard InChI is InChI=1S/C21H21N3O5/c1-25-18-9-14(10-19(26-2)21(18)27-3)24-20-11-15(22-12-23-20)13-4-5-16-17(8-13)29-7-6-28-16/h4-5,8-12H,6-7H2,1-3H3,(H,22,23,24).